The number of hydrogen-bond acceptors (Lipinski definition) is 1. The Morgan fingerprint density at radius 1 is 1.50 bits per heavy atom. The highest BCUT2D eigenvalue weighted by Gasteiger charge is 2.02. The van der Waals surface area contributed by atoms with E-state index in [4.69, 9.17) is 0 Å². The second-order valence-corrected chi connectivity index (χ2v) is 4.44. The van der Waals surface area contributed by atoms with Crippen LogP contribution in [-0.2, 0) is 0 Å². The van der Waals surface area contributed by atoms with Gasteiger partial charge in [-0.25, -0.2) is 4.79 Å². The highest BCUT2D eigenvalue weighted by molar-refractivity contribution is 14.1. The van der Waals surface area contributed by atoms with Gasteiger partial charge in [0.05, 0.1) is 6.54 Å². The summed E-state index contributed by atoms with van der Waals surface area (Å²) < 4.78 is 1.15. The minimum Gasteiger partial charge on any atom is -0.327 e. The van der Waals surface area contributed by atoms with E-state index in [1.54, 1.807) is 6.92 Å². The molecule has 0 fully saturated rings. The van der Waals surface area contributed by atoms with E-state index < -0.39 is 0 Å². The van der Waals surface area contributed by atoms with Crippen LogP contribution >= 0.6 is 22.6 Å². The van der Waals surface area contributed by atoms with Gasteiger partial charge in [-0.2, -0.15) is 0 Å². The zero-order valence-corrected chi connectivity index (χ0v) is 11.4. The van der Waals surface area contributed by atoms with Gasteiger partial charge in [0.25, 0.3) is 0 Å². The molecule has 4 heteroatoms. The smallest absolute Gasteiger partial charge is 0.320 e. The summed E-state index contributed by atoms with van der Waals surface area (Å²) in [7, 11) is 0. The standard InChI is InChI=1S/C12H13IN2O/c1-3-4-7-14-12(16)15-11-6-5-10(13)8-9(11)2/h5-6,8H,7H2,1-2H3,(H2,14,15,16). The van der Waals surface area contributed by atoms with Gasteiger partial charge in [-0.3, -0.25) is 0 Å². The molecule has 3 nitrogen and oxygen atoms in total. The highest BCUT2D eigenvalue weighted by Crippen LogP contribution is 2.17. The average molecular weight is 328 g/mol. The Labute approximate surface area is 109 Å². The third-order valence-corrected chi connectivity index (χ3v) is 2.62. The summed E-state index contributed by atoms with van der Waals surface area (Å²) >= 11 is 2.24. The molecule has 0 aromatic heterocycles. The molecule has 0 spiro atoms. The molecule has 0 aliphatic rings. The first-order valence-corrected chi connectivity index (χ1v) is 5.92. The topological polar surface area (TPSA) is 41.1 Å². The molecule has 1 aromatic carbocycles. The second kappa shape index (κ2) is 6.38. The number of urea groups is 1. The van der Waals surface area contributed by atoms with E-state index in [-0.39, 0.29) is 6.03 Å². The number of halogens is 1. The van der Waals surface area contributed by atoms with Crippen molar-refractivity contribution in [3.8, 4) is 11.8 Å². The maximum atomic E-state index is 11.4. The lowest BCUT2D eigenvalue weighted by atomic mass is 10.2. The molecule has 0 heterocycles. The van der Waals surface area contributed by atoms with Crippen LogP contribution in [0.15, 0.2) is 18.2 Å². The molecule has 1 aromatic rings. The van der Waals surface area contributed by atoms with Gasteiger partial charge < -0.3 is 10.6 Å². The molecule has 0 radical (unpaired) electrons. The molecule has 2 amide bonds. The molecule has 0 bridgehead atoms. The first-order valence-electron chi connectivity index (χ1n) is 4.84. The Kier molecular flexibility index (Phi) is 5.12. The summed E-state index contributed by atoms with van der Waals surface area (Å²) in [5, 5.41) is 5.42. The predicted molar refractivity (Wildman–Crippen MR) is 74.4 cm³/mol. The van der Waals surface area contributed by atoms with Crippen molar-refractivity contribution in [1.82, 2.24) is 5.32 Å². The van der Waals surface area contributed by atoms with Crippen molar-refractivity contribution in [2.24, 2.45) is 0 Å². The first kappa shape index (κ1) is 12.8. The lowest BCUT2D eigenvalue weighted by Gasteiger charge is -2.08. The minimum absolute atomic E-state index is 0.230. The minimum atomic E-state index is -0.230. The van der Waals surface area contributed by atoms with Crippen molar-refractivity contribution in [2.75, 3.05) is 11.9 Å². The van der Waals surface area contributed by atoms with Gasteiger partial charge in [0.15, 0.2) is 0 Å². The van der Waals surface area contributed by atoms with E-state index in [0.717, 1.165) is 14.8 Å². The fraction of sp³-hybridized carbons (Fsp3) is 0.250. The summed E-state index contributed by atoms with van der Waals surface area (Å²) in [6.07, 6.45) is 0. The summed E-state index contributed by atoms with van der Waals surface area (Å²) in [4.78, 5) is 11.4. The lowest BCUT2D eigenvalue weighted by Crippen LogP contribution is -2.29. The Morgan fingerprint density at radius 3 is 2.88 bits per heavy atom. The number of hydrogen-bond donors (Lipinski definition) is 2. The van der Waals surface area contributed by atoms with Crippen molar-refractivity contribution in [3.63, 3.8) is 0 Å². The Hall–Kier alpha value is -1.22. The van der Waals surface area contributed by atoms with Crippen molar-refractivity contribution >= 4 is 34.3 Å². The zero-order chi connectivity index (χ0) is 12.0. The Morgan fingerprint density at radius 2 is 2.25 bits per heavy atom. The van der Waals surface area contributed by atoms with Crippen LogP contribution in [0.25, 0.3) is 0 Å². The molecule has 0 unspecified atom stereocenters. The highest BCUT2D eigenvalue weighted by atomic mass is 127. The van der Waals surface area contributed by atoms with Crippen LogP contribution in [0, 0.1) is 22.3 Å². The molecule has 0 aliphatic heterocycles. The molecule has 0 aliphatic carbocycles. The maximum Gasteiger partial charge on any atom is 0.320 e. The molecular weight excluding hydrogens is 315 g/mol. The van der Waals surface area contributed by atoms with Gasteiger partial charge >= 0.3 is 6.03 Å². The summed E-state index contributed by atoms with van der Waals surface area (Å²) in [6, 6.07) is 5.63. The third-order valence-electron chi connectivity index (χ3n) is 1.95. The summed E-state index contributed by atoms with van der Waals surface area (Å²) in [6.45, 7) is 4.07. The number of benzene rings is 1. The maximum absolute atomic E-state index is 11.4. The van der Waals surface area contributed by atoms with Crippen LogP contribution in [0.4, 0.5) is 10.5 Å². The number of carbonyl (C=O) groups excluding carboxylic acids is 1. The van der Waals surface area contributed by atoms with Crippen LogP contribution < -0.4 is 10.6 Å². The van der Waals surface area contributed by atoms with Crippen molar-refractivity contribution in [1.29, 1.82) is 0 Å². The third kappa shape index (κ3) is 4.11. The Bertz CT molecular complexity index is 446. The van der Waals surface area contributed by atoms with Crippen molar-refractivity contribution in [2.45, 2.75) is 13.8 Å². The van der Waals surface area contributed by atoms with Gasteiger partial charge in [0.2, 0.25) is 0 Å². The van der Waals surface area contributed by atoms with Crippen LogP contribution in [0.2, 0.25) is 0 Å². The molecule has 1 rings (SSSR count). The fourth-order valence-electron chi connectivity index (χ4n) is 1.15. The monoisotopic (exact) mass is 328 g/mol. The van der Waals surface area contributed by atoms with Crippen molar-refractivity contribution < 1.29 is 4.79 Å². The molecule has 84 valence electrons. The average Bonchev–Trinajstić information content (AvgIpc) is 2.23. The number of nitrogens with one attached hydrogen (secondary N) is 2. The fourth-order valence-corrected chi connectivity index (χ4v) is 1.79. The van der Waals surface area contributed by atoms with E-state index >= 15 is 0 Å². The number of rotatable bonds is 2. The quantitative estimate of drug-likeness (QED) is 0.636. The van der Waals surface area contributed by atoms with Crippen LogP contribution in [0.5, 0.6) is 0 Å². The number of anilines is 1. The Balaban J connectivity index is 2.58. The normalized spacial score (nSPS) is 8.94. The molecule has 0 saturated carbocycles. The van der Waals surface area contributed by atoms with Crippen LogP contribution in [-0.4, -0.2) is 12.6 Å². The summed E-state index contributed by atoms with van der Waals surface area (Å²) in [5.41, 5.74) is 1.87. The molecule has 0 atom stereocenters. The lowest BCUT2D eigenvalue weighted by molar-refractivity contribution is 0.253. The summed E-state index contributed by atoms with van der Waals surface area (Å²) in [5.74, 6) is 5.48. The number of aryl methyl sites for hydroxylation is 1. The van der Waals surface area contributed by atoms with E-state index in [0.29, 0.717) is 6.54 Å². The molecule has 2 N–H and O–H groups in total. The molecule has 0 saturated heterocycles. The van der Waals surface area contributed by atoms with E-state index in [9.17, 15) is 4.79 Å². The van der Waals surface area contributed by atoms with Crippen LogP contribution in [0.1, 0.15) is 12.5 Å². The second-order valence-electron chi connectivity index (χ2n) is 3.19. The van der Waals surface area contributed by atoms with Crippen LogP contribution in [0.3, 0.4) is 0 Å². The van der Waals surface area contributed by atoms with E-state index in [1.165, 1.54) is 0 Å². The van der Waals surface area contributed by atoms with Gasteiger partial charge in [0.1, 0.15) is 0 Å². The van der Waals surface area contributed by atoms with Gasteiger partial charge in [-0.1, -0.05) is 5.92 Å². The largest absolute Gasteiger partial charge is 0.327 e. The number of amides is 2. The first-order chi connectivity index (χ1) is 7.63. The zero-order valence-electron chi connectivity index (χ0n) is 9.23. The molecular formula is C12H13IN2O. The SMILES string of the molecule is CC#CCNC(=O)Nc1ccc(I)cc1C. The molecule has 16 heavy (non-hydrogen) atoms. The van der Waals surface area contributed by atoms with E-state index in [1.807, 2.05) is 25.1 Å². The van der Waals surface area contributed by atoms with Gasteiger partial charge in [-0.15, -0.1) is 5.92 Å². The van der Waals surface area contributed by atoms with Crippen molar-refractivity contribution in [3.05, 3.63) is 27.3 Å². The van der Waals surface area contributed by atoms with Gasteiger partial charge in [0, 0.05) is 9.26 Å². The predicted octanol–water partition coefficient (Wildman–Crippen LogP) is 2.74. The number of carbonyl (C=O) groups is 1. The van der Waals surface area contributed by atoms with Gasteiger partial charge in [-0.05, 0) is 60.2 Å². The van der Waals surface area contributed by atoms with E-state index in [2.05, 4.69) is 45.1 Å².